The number of benzene rings is 3. The van der Waals surface area contributed by atoms with Crippen molar-refractivity contribution in [2.24, 2.45) is 0 Å². The van der Waals surface area contributed by atoms with E-state index in [-0.39, 0.29) is 17.3 Å². The maximum Gasteiger partial charge on any atom is 0.264 e. The molecule has 3 aromatic carbocycles. The van der Waals surface area contributed by atoms with Crippen molar-refractivity contribution in [2.45, 2.75) is 45.2 Å². The molecule has 0 saturated carbocycles. The molecule has 3 aromatic rings. The standard InChI is InChI=1S/C29H35N3O5S/c1-20-13-15-26(16-14-20)38(35,36)32(27-12-7-9-21(2)22(27)3)19-28(33)31(23(4)29(34)30-5)18-24-10-8-11-25(17-24)37-6/h7-17,23H,18-19H2,1-6H3,(H,30,34)/t23-/m0/s1. The number of aryl methyl sites for hydroxylation is 2. The number of carbonyl (C=O) groups excluding carboxylic acids is 2. The van der Waals surface area contributed by atoms with E-state index in [0.717, 1.165) is 26.6 Å². The Balaban J connectivity index is 2.08. The number of methoxy groups -OCH3 is 1. The molecule has 0 aliphatic heterocycles. The fourth-order valence-corrected chi connectivity index (χ4v) is 5.59. The van der Waals surface area contributed by atoms with Gasteiger partial charge in [-0.1, -0.05) is 42.0 Å². The Hall–Kier alpha value is -3.85. The predicted molar refractivity (Wildman–Crippen MR) is 149 cm³/mol. The highest BCUT2D eigenvalue weighted by molar-refractivity contribution is 7.92. The van der Waals surface area contributed by atoms with E-state index in [1.54, 1.807) is 56.5 Å². The van der Waals surface area contributed by atoms with Crippen LogP contribution in [0.25, 0.3) is 0 Å². The third-order valence-corrected chi connectivity index (χ3v) is 8.41. The number of rotatable bonds is 10. The SMILES string of the molecule is CNC(=O)[C@H](C)N(Cc1cccc(OC)c1)C(=O)CN(c1cccc(C)c1C)S(=O)(=O)c1ccc(C)cc1. The molecule has 2 amide bonds. The van der Waals surface area contributed by atoms with Crippen LogP contribution in [0.1, 0.15) is 29.2 Å². The van der Waals surface area contributed by atoms with Crippen molar-refractivity contribution in [1.82, 2.24) is 10.2 Å². The van der Waals surface area contributed by atoms with Crippen LogP contribution in [-0.2, 0) is 26.2 Å². The van der Waals surface area contributed by atoms with Crippen LogP contribution in [0.15, 0.2) is 71.6 Å². The second kappa shape index (κ2) is 12.1. The Morgan fingerprint density at radius 2 is 1.63 bits per heavy atom. The summed E-state index contributed by atoms with van der Waals surface area (Å²) in [6.07, 6.45) is 0. The first-order valence-corrected chi connectivity index (χ1v) is 13.7. The monoisotopic (exact) mass is 537 g/mol. The van der Waals surface area contributed by atoms with Gasteiger partial charge >= 0.3 is 0 Å². The zero-order chi connectivity index (χ0) is 28.0. The van der Waals surface area contributed by atoms with Gasteiger partial charge in [-0.05, 0) is 74.7 Å². The summed E-state index contributed by atoms with van der Waals surface area (Å²) in [6.45, 7) is 6.82. The summed E-state index contributed by atoms with van der Waals surface area (Å²) >= 11 is 0. The van der Waals surface area contributed by atoms with Crippen LogP contribution in [0.4, 0.5) is 5.69 Å². The highest BCUT2D eigenvalue weighted by atomic mass is 32.2. The lowest BCUT2D eigenvalue weighted by Crippen LogP contribution is -2.50. The first-order chi connectivity index (χ1) is 18.0. The van der Waals surface area contributed by atoms with Crippen LogP contribution in [0.3, 0.4) is 0 Å². The van der Waals surface area contributed by atoms with Gasteiger partial charge in [-0.3, -0.25) is 13.9 Å². The second-order valence-corrected chi connectivity index (χ2v) is 11.1. The van der Waals surface area contributed by atoms with Gasteiger partial charge in [0.1, 0.15) is 18.3 Å². The third-order valence-electron chi connectivity index (χ3n) is 6.63. The third kappa shape index (κ3) is 6.34. The van der Waals surface area contributed by atoms with Gasteiger partial charge in [0, 0.05) is 13.6 Å². The lowest BCUT2D eigenvalue weighted by molar-refractivity contribution is -0.139. The molecule has 0 heterocycles. The van der Waals surface area contributed by atoms with E-state index >= 15 is 0 Å². The summed E-state index contributed by atoms with van der Waals surface area (Å²) in [5.74, 6) is -0.261. The quantitative estimate of drug-likeness (QED) is 0.422. The Labute approximate surface area is 225 Å². The first-order valence-electron chi connectivity index (χ1n) is 12.3. The number of likely N-dealkylation sites (N-methyl/N-ethyl adjacent to an activating group) is 1. The first kappa shape index (κ1) is 28.7. The molecule has 9 heteroatoms. The van der Waals surface area contributed by atoms with Gasteiger partial charge in [-0.15, -0.1) is 0 Å². The molecular formula is C29H35N3O5S. The van der Waals surface area contributed by atoms with Crippen LogP contribution in [0.2, 0.25) is 0 Å². The molecule has 0 unspecified atom stereocenters. The number of hydrogen-bond donors (Lipinski definition) is 1. The number of sulfonamides is 1. The van der Waals surface area contributed by atoms with Crippen LogP contribution in [0, 0.1) is 20.8 Å². The fourth-order valence-electron chi connectivity index (χ4n) is 4.12. The molecule has 3 rings (SSSR count). The van der Waals surface area contributed by atoms with Crippen LogP contribution in [0.5, 0.6) is 5.75 Å². The molecule has 0 fully saturated rings. The number of carbonyl (C=O) groups is 2. The van der Waals surface area contributed by atoms with E-state index < -0.39 is 28.5 Å². The summed E-state index contributed by atoms with van der Waals surface area (Å²) in [4.78, 5) is 28.0. The van der Waals surface area contributed by atoms with Gasteiger partial charge in [0.15, 0.2) is 0 Å². The predicted octanol–water partition coefficient (Wildman–Crippen LogP) is 3.98. The van der Waals surface area contributed by atoms with Crippen molar-refractivity contribution < 1.29 is 22.7 Å². The zero-order valence-electron chi connectivity index (χ0n) is 22.7. The van der Waals surface area contributed by atoms with Gasteiger partial charge in [0.2, 0.25) is 11.8 Å². The molecule has 1 atom stereocenters. The number of ether oxygens (including phenoxy) is 1. The van der Waals surface area contributed by atoms with Gasteiger partial charge in [-0.25, -0.2) is 8.42 Å². The molecule has 8 nitrogen and oxygen atoms in total. The molecule has 0 aromatic heterocycles. The summed E-state index contributed by atoms with van der Waals surface area (Å²) < 4.78 is 34.3. The largest absolute Gasteiger partial charge is 0.497 e. The van der Waals surface area contributed by atoms with E-state index in [0.29, 0.717) is 11.4 Å². The highest BCUT2D eigenvalue weighted by Crippen LogP contribution is 2.29. The lowest BCUT2D eigenvalue weighted by atomic mass is 10.1. The molecule has 0 spiro atoms. The van der Waals surface area contributed by atoms with Crippen molar-refractivity contribution in [1.29, 1.82) is 0 Å². The number of hydrogen-bond acceptors (Lipinski definition) is 5. The molecular weight excluding hydrogens is 502 g/mol. The summed E-state index contributed by atoms with van der Waals surface area (Å²) in [5.41, 5.74) is 3.71. The molecule has 38 heavy (non-hydrogen) atoms. The van der Waals surface area contributed by atoms with Crippen molar-refractivity contribution in [3.05, 3.63) is 89.0 Å². The smallest absolute Gasteiger partial charge is 0.264 e. The number of anilines is 1. The average molecular weight is 538 g/mol. The highest BCUT2D eigenvalue weighted by Gasteiger charge is 2.33. The van der Waals surface area contributed by atoms with Gasteiger partial charge < -0.3 is 15.0 Å². The van der Waals surface area contributed by atoms with E-state index in [9.17, 15) is 18.0 Å². The normalized spacial score (nSPS) is 11.9. The van der Waals surface area contributed by atoms with Crippen LogP contribution in [-0.4, -0.2) is 51.9 Å². The molecule has 0 bridgehead atoms. The Morgan fingerprint density at radius 1 is 0.974 bits per heavy atom. The Bertz CT molecular complexity index is 1400. The molecule has 0 saturated heterocycles. The van der Waals surface area contributed by atoms with Crippen LogP contribution >= 0.6 is 0 Å². The number of nitrogens with zero attached hydrogens (tertiary/aromatic N) is 2. The van der Waals surface area contributed by atoms with Crippen molar-refractivity contribution >= 4 is 27.5 Å². The lowest BCUT2D eigenvalue weighted by Gasteiger charge is -2.32. The van der Waals surface area contributed by atoms with E-state index in [2.05, 4.69) is 5.32 Å². The van der Waals surface area contributed by atoms with Crippen molar-refractivity contribution in [3.8, 4) is 5.75 Å². The molecule has 202 valence electrons. The minimum Gasteiger partial charge on any atom is -0.497 e. The molecule has 0 radical (unpaired) electrons. The maximum atomic E-state index is 13.9. The van der Waals surface area contributed by atoms with Gasteiger partial charge in [0.25, 0.3) is 10.0 Å². The molecule has 1 N–H and O–H groups in total. The molecule has 0 aliphatic carbocycles. The number of nitrogens with one attached hydrogen (secondary N) is 1. The van der Waals surface area contributed by atoms with Crippen molar-refractivity contribution in [3.63, 3.8) is 0 Å². The topological polar surface area (TPSA) is 96.0 Å². The van der Waals surface area contributed by atoms with E-state index in [4.69, 9.17) is 4.74 Å². The Morgan fingerprint density at radius 3 is 2.26 bits per heavy atom. The maximum absolute atomic E-state index is 13.9. The fraction of sp³-hybridized carbons (Fsp3) is 0.310. The molecule has 0 aliphatic rings. The number of amides is 2. The van der Waals surface area contributed by atoms with Gasteiger partial charge in [-0.2, -0.15) is 0 Å². The second-order valence-electron chi connectivity index (χ2n) is 9.21. The Kier molecular flexibility index (Phi) is 9.17. The summed E-state index contributed by atoms with van der Waals surface area (Å²) in [6, 6.07) is 18.2. The van der Waals surface area contributed by atoms with Crippen molar-refractivity contribution in [2.75, 3.05) is 25.0 Å². The van der Waals surface area contributed by atoms with E-state index in [1.807, 2.05) is 32.9 Å². The minimum absolute atomic E-state index is 0.0792. The summed E-state index contributed by atoms with van der Waals surface area (Å²) in [7, 11) is -1.06. The average Bonchev–Trinajstić information content (AvgIpc) is 2.91. The summed E-state index contributed by atoms with van der Waals surface area (Å²) in [5, 5.41) is 2.58. The van der Waals surface area contributed by atoms with E-state index in [1.165, 1.54) is 24.1 Å². The van der Waals surface area contributed by atoms with Gasteiger partial charge in [0.05, 0.1) is 17.7 Å². The zero-order valence-corrected chi connectivity index (χ0v) is 23.5. The van der Waals surface area contributed by atoms with Crippen LogP contribution < -0.4 is 14.4 Å². The minimum atomic E-state index is -4.11.